The molecule has 0 radical (unpaired) electrons. The number of rotatable bonds is 4. The van der Waals surface area contributed by atoms with Crippen LogP contribution in [0.2, 0.25) is 0 Å². The molecule has 136 valence electrons. The number of primary amides is 1. The van der Waals surface area contributed by atoms with Gasteiger partial charge in [-0.2, -0.15) is 0 Å². The third-order valence-corrected chi connectivity index (χ3v) is 6.48. The number of nitrogens with zero attached hydrogens (tertiary/aromatic N) is 1. The molecule has 2 aromatic rings. The lowest BCUT2D eigenvalue weighted by atomic mass is 9.70. The van der Waals surface area contributed by atoms with Crippen LogP contribution in [0, 0.1) is 5.92 Å². The van der Waals surface area contributed by atoms with E-state index >= 15 is 0 Å². The van der Waals surface area contributed by atoms with E-state index in [4.69, 9.17) is 10.7 Å². The van der Waals surface area contributed by atoms with E-state index in [1.54, 1.807) is 0 Å². The zero-order valence-electron chi connectivity index (χ0n) is 14.7. The SMILES string of the molecule is NC(=O)CSc1nc2c(c(=O)[nH]1)[C@H](C1CCCCC1)Cc1ccccc1-2. The second-order valence-electron chi connectivity index (χ2n) is 7.25. The van der Waals surface area contributed by atoms with E-state index in [1.807, 2.05) is 12.1 Å². The number of H-pyrrole nitrogens is 1. The van der Waals surface area contributed by atoms with Crippen LogP contribution in [0.1, 0.15) is 49.1 Å². The van der Waals surface area contributed by atoms with Crippen LogP contribution in [0.5, 0.6) is 0 Å². The molecule has 0 aliphatic heterocycles. The summed E-state index contributed by atoms with van der Waals surface area (Å²) in [4.78, 5) is 31.7. The van der Waals surface area contributed by atoms with E-state index in [9.17, 15) is 9.59 Å². The molecule has 0 unspecified atom stereocenters. The van der Waals surface area contributed by atoms with Crippen LogP contribution in [0.15, 0.2) is 34.2 Å². The van der Waals surface area contributed by atoms with E-state index < -0.39 is 5.91 Å². The van der Waals surface area contributed by atoms with E-state index in [0.29, 0.717) is 11.1 Å². The Kier molecular flexibility index (Phi) is 4.85. The van der Waals surface area contributed by atoms with Gasteiger partial charge in [0.2, 0.25) is 5.91 Å². The van der Waals surface area contributed by atoms with Gasteiger partial charge in [-0.05, 0) is 36.7 Å². The molecule has 0 spiro atoms. The molecule has 6 heteroatoms. The van der Waals surface area contributed by atoms with Gasteiger partial charge in [-0.1, -0.05) is 55.3 Å². The number of carbonyl (C=O) groups excluding carboxylic acids is 1. The van der Waals surface area contributed by atoms with Crippen molar-refractivity contribution < 1.29 is 4.79 Å². The average Bonchev–Trinajstić information content (AvgIpc) is 2.66. The highest BCUT2D eigenvalue weighted by Gasteiger charge is 2.34. The maximum absolute atomic E-state index is 13.0. The van der Waals surface area contributed by atoms with E-state index in [2.05, 4.69) is 17.1 Å². The third-order valence-electron chi connectivity index (χ3n) is 5.59. The molecule has 1 aromatic carbocycles. The molecule has 1 fully saturated rings. The van der Waals surface area contributed by atoms with Crippen molar-refractivity contribution in [2.75, 3.05) is 5.75 Å². The van der Waals surface area contributed by atoms with Gasteiger partial charge in [0, 0.05) is 11.1 Å². The number of hydrogen-bond donors (Lipinski definition) is 2. The lowest BCUT2D eigenvalue weighted by Crippen LogP contribution is -2.30. The van der Waals surface area contributed by atoms with E-state index in [0.717, 1.165) is 23.2 Å². The van der Waals surface area contributed by atoms with Gasteiger partial charge in [0.15, 0.2) is 5.16 Å². The summed E-state index contributed by atoms with van der Waals surface area (Å²) in [6.45, 7) is 0. The zero-order chi connectivity index (χ0) is 18.1. The number of aromatic nitrogens is 2. The molecule has 3 N–H and O–H groups in total. The summed E-state index contributed by atoms with van der Waals surface area (Å²) in [6, 6.07) is 8.23. The maximum atomic E-state index is 13.0. The van der Waals surface area contributed by atoms with E-state index in [1.165, 1.54) is 49.4 Å². The van der Waals surface area contributed by atoms with E-state index in [-0.39, 0.29) is 17.2 Å². The topological polar surface area (TPSA) is 88.8 Å². The first-order valence-corrected chi connectivity index (χ1v) is 10.3. The van der Waals surface area contributed by atoms with Gasteiger partial charge in [0.25, 0.3) is 5.56 Å². The molecule has 1 aromatic heterocycles. The van der Waals surface area contributed by atoms with Gasteiger partial charge in [-0.25, -0.2) is 4.98 Å². The number of aromatic amines is 1. The van der Waals surface area contributed by atoms with Crippen molar-refractivity contribution in [1.29, 1.82) is 0 Å². The number of benzene rings is 1. The normalized spacial score (nSPS) is 19.6. The van der Waals surface area contributed by atoms with Crippen molar-refractivity contribution in [3.05, 3.63) is 45.7 Å². The molecule has 26 heavy (non-hydrogen) atoms. The lowest BCUT2D eigenvalue weighted by Gasteiger charge is -2.34. The minimum Gasteiger partial charge on any atom is -0.369 e. The number of amides is 1. The second-order valence-corrected chi connectivity index (χ2v) is 8.22. The van der Waals surface area contributed by atoms with Gasteiger partial charge in [-0.15, -0.1) is 0 Å². The molecule has 4 rings (SSSR count). The van der Waals surface area contributed by atoms with Crippen molar-refractivity contribution in [3.8, 4) is 11.3 Å². The molecule has 2 aliphatic carbocycles. The minimum absolute atomic E-state index is 0.0629. The van der Waals surface area contributed by atoms with Crippen molar-refractivity contribution >= 4 is 17.7 Å². The van der Waals surface area contributed by atoms with Crippen LogP contribution in [0.3, 0.4) is 0 Å². The second kappa shape index (κ2) is 7.27. The Hall–Kier alpha value is -2.08. The van der Waals surface area contributed by atoms with Gasteiger partial charge < -0.3 is 10.7 Å². The monoisotopic (exact) mass is 369 g/mol. The van der Waals surface area contributed by atoms with Crippen LogP contribution >= 0.6 is 11.8 Å². The fraction of sp³-hybridized carbons (Fsp3) is 0.450. The van der Waals surface area contributed by atoms with Crippen LogP contribution in [0.4, 0.5) is 0 Å². The Labute approximate surface area is 156 Å². The Morgan fingerprint density at radius 1 is 1.23 bits per heavy atom. The van der Waals surface area contributed by atoms with Crippen molar-refractivity contribution in [3.63, 3.8) is 0 Å². The fourth-order valence-corrected chi connectivity index (χ4v) is 5.03. The number of nitrogens with two attached hydrogens (primary N) is 1. The summed E-state index contributed by atoms with van der Waals surface area (Å²) >= 11 is 1.19. The van der Waals surface area contributed by atoms with Crippen molar-refractivity contribution in [2.45, 2.75) is 49.6 Å². The highest BCUT2D eigenvalue weighted by atomic mass is 32.2. The summed E-state index contributed by atoms with van der Waals surface area (Å²) in [5.41, 5.74) is 9.10. The van der Waals surface area contributed by atoms with Crippen LogP contribution in [0.25, 0.3) is 11.3 Å². The highest BCUT2D eigenvalue weighted by molar-refractivity contribution is 7.99. The molecule has 1 heterocycles. The van der Waals surface area contributed by atoms with Crippen LogP contribution in [-0.2, 0) is 11.2 Å². The molecule has 0 saturated heterocycles. The number of nitrogens with one attached hydrogen (secondary N) is 1. The molecule has 1 saturated carbocycles. The summed E-state index contributed by atoms with van der Waals surface area (Å²) < 4.78 is 0. The molecular weight excluding hydrogens is 346 g/mol. The first-order valence-electron chi connectivity index (χ1n) is 9.27. The largest absolute Gasteiger partial charge is 0.369 e. The maximum Gasteiger partial charge on any atom is 0.255 e. The zero-order valence-corrected chi connectivity index (χ0v) is 15.5. The van der Waals surface area contributed by atoms with Crippen LogP contribution in [-0.4, -0.2) is 21.6 Å². The van der Waals surface area contributed by atoms with Crippen molar-refractivity contribution in [2.24, 2.45) is 11.7 Å². The molecule has 0 bridgehead atoms. The number of hydrogen-bond acceptors (Lipinski definition) is 4. The number of fused-ring (bicyclic) bond motifs is 3. The summed E-state index contributed by atoms with van der Waals surface area (Å²) in [6.07, 6.45) is 7.07. The van der Waals surface area contributed by atoms with Crippen LogP contribution < -0.4 is 11.3 Å². The molecule has 2 aliphatic rings. The summed E-state index contributed by atoms with van der Waals surface area (Å²) in [7, 11) is 0. The Balaban J connectivity index is 1.80. The Bertz CT molecular complexity index is 887. The highest BCUT2D eigenvalue weighted by Crippen LogP contribution is 2.44. The number of thioether (sulfide) groups is 1. The Morgan fingerprint density at radius 2 is 2.00 bits per heavy atom. The van der Waals surface area contributed by atoms with Crippen molar-refractivity contribution in [1.82, 2.24) is 9.97 Å². The number of carbonyl (C=O) groups is 1. The quantitative estimate of drug-likeness (QED) is 0.640. The lowest BCUT2D eigenvalue weighted by molar-refractivity contribution is -0.115. The third kappa shape index (κ3) is 3.30. The molecule has 1 atom stereocenters. The standard InChI is InChI=1S/C20H23N3O2S/c21-16(24)11-26-20-22-18-14-9-5-4-8-13(14)10-15(17(18)19(25)23-20)12-6-2-1-3-7-12/h4-5,8-9,12,15H,1-3,6-7,10-11H2,(H2,21,24)(H,22,23,25)/t15-/m0/s1. The van der Waals surface area contributed by atoms with Gasteiger partial charge in [-0.3, -0.25) is 9.59 Å². The minimum atomic E-state index is -0.421. The first kappa shape index (κ1) is 17.3. The summed E-state index contributed by atoms with van der Waals surface area (Å²) in [5.74, 6) is 0.459. The molecule has 5 nitrogen and oxygen atoms in total. The van der Waals surface area contributed by atoms with Gasteiger partial charge >= 0.3 is 0 Å². The Morgan fingerprint density at radius 3 is 2.77 bits per heavy atom. The smallest absolute Gasteiger partial charge is 0.255 e. The fourth-order valence-electron chi connectivity index (χ4n) is 4.43. The predicted octanol–water partition coefficient (Wildman–Crippen LogP) is 3.23. The molecular formula is C20H23N3O2S. The first-order chi connectivity index (χ1) is 12.6. The van der Waals surface area contributed by atoms with Gasteiger partial charge in [0.05, 0.1) is 11.4 Å². The predicted molar refractivity (Wildman–Crippen MR) is 103 cm³/mol. The van der Waals surface area contributed by atoms with Gasteiger partial charge in [0.1, 0.15) is 0 Å². The summed E-state index contributed by atoms with van der Waals surface area (Å²) in [5, 5.41) is 0.464. The average molecular weight is 369 g/mol. The molecule has 1 amide bonds.